The Bertz CT molecular complexity index is 490. The van der Waals surface area contributed by atoms with Gasteiger partial charge in [0.25, 0.3) is 0 Å². The number of hydrogen-bond acceptors (Lipinski definition) is 3. The molecule has 1 aromatic carbocycles. The van der Waals surface area contributed by atoms with Gasteiger partial charge >= 0.3 is 0 Å². The third-order valence-corrected chi connectivity index (χ3v) is 4.20. The smallest absolute Gasteiger partial charge is 0.171 e. The minimum absolute atomic E-state index is 0.116. The van der Waals surface area contributed by atoms with Crippen LogP contribution in [-0.4, -0.2) is 23.2 Å². The molecule has 1 heterocycles. The SMILES string of the molecule is O=C1CCC2(CC1c1ccc(F)cc1)OCC(Br)O2. The molecule has 1 aliphatic carbocycles. The lowest BCUT2D eigenvalue weighted by Crippen LogP contribution is -2.39. The molecule has 1 aromatic rings. The van der Waals surface area contributed by atoms with Gasteiger partial charge in [-0.1, -0.05) is 28.1 Å². The zero-order valence-corrected chi connectivity index (χ0v) is 11.9. The van der Waals surface area contributed by atoms with Crippen LogP contribution in [0.2, 0.25) is 0 Å². The van der Waals surface area contributed by atoms with Crippen LogP contribution in [0.3, 0.4) is 0 Å². The van der Waals surface area contributed by atoms with E-state index in [-0.39, 0.29) is 22.5 Å². The maximum Gasteiger partial charge on any atom is 0.171 e. The maximum absolute atomic E-state index is 13.0. The molecule has 3 unspecified atom stereocenters. The molecule has 1 aliphatic heterocycles. The number of rotatable bonds is 1. The second kappa shape index (κ2) is 4.96. The second-order valence-corrected chi connectivity index (χ2v) is 6.05. The summed E-state index contributed by atoms with van der Waals surface area (Å²) in [7, 11) is 0. The van der Waals surface area contributed by atoms with Crippen LogP contribution in [0.25, 0.3) is 0 Å². The van der Waals surface area contributed by atoms with Gasteiger partial charge in [-0.2, -0.15) is 0 Å². The summed E-state index contributed by atoms with van der Waals surface area (Å²) >= 11 is 3.37. The Labute approximate surface area is 119 Å². The first-order chi connectivity index (χ1) is 9.08. The van der Waals surface area contributed by atoms with Crippen LogP contribution in [0, 0.1) is 5.82 Å². The number of ketones is 1. The average Bonchev–Trinajstić information content (AvgIpc) is 2.75. The van der Waals surface area contributed by atoms with E-state index in [0.717, 1.165) is 5.56 Å². The van der Waals surface area contributed by atoms with Crippen molar-refractivity contribution in [1.82, 2.24) is 0 Å². The van der Waals surface area contributed by atoms with Crippen molar-refractivity contribution in [3.05, 3.63) is 35.6 Å². The molecule has 1 spiro atoms. The van der Waals surface area contributed by atoms with Gasteiger partial charge in [0.1, 0.15) is 16.6 Å². The second-order valence-electron chi connectivity index (χ2n) is 5.02. The summed E-state index contributed by atoms with van der Waals surface area (Å²) in [4.78, 5) is 12.1. The van der Waals surface area contributed by atoms with Crippen LogP contribution in [0.15, 0.2) is 24.3 Å². The number of carbonyl (C=O) groups is 1. The highest BCUT2D eigenvalue weighted by molar-refractivity contribution is 9.09. The van der Waals surface area contributed by atoms with E-state index < -0.39 is 5.79 Å². The molecule has 19 heavy (non-hydrogen) atoms. The quantitative estimate of drug-likeness (QED) is 0.743. The number of Topliss-reactive ketones (excluding diaryl/α,β-unsaturated/α-hetero) is 1. The zero-order valence-electron chi connectivity index (χ0n) is 10.3. The molecule has 2 aliphatic rings. The fourth-order valence-electron chi connectivity index (χ4n) is 2.77. The predicted octanol–water partition coefficient (Wildman–Crippen LogP) is 3.13. The summed E-state index contributed by atoms with van der Waals surface area (Å²) in [5, 5.41) is -0.116. The molecule has 3 atom stereocenters. The van der Waals surface area contributed by atoms with Gasteiger partial charge in [0.2, 0.25) is 0 Å². The zero-order chi connectivity index (χ0) is 13.5. The van der Waals surface area contributed by atoms with E-state index in [1.807, 2.05) is 0 Å². The molecule has 5 heteroatoms. The summed E-state index contributed by atoms with van der Waals surface area (Å²) in [6.45, 7) is 0.490. The largest absolute Gasteiger partial charge is 0.346 e. The molecule has 0 radical (unpaired) electrons. The minimum Gasteiger partial charge on any atom is -0.346 e. The van der Waals surface area contributed by atoms with Crippen LogP contribution >= 0.6 is 15.9 Å². The highest BCUT2D eigenvalue weighted by Gasteiger charge is 2.47. The third-order valence-electron chi connectivity index (χ3n) is 3.75. The van der Waals surface area contributed by atoms with E-state index in [9.17, 15) is 9.18 Å². The standard InChI is InChI=1S/C14H14BrFO3/c15-13-8-18-14(19-13)6-5-12(17)11(7-14)9-1-3-10(16)4-2-9/h1-4,11,13H,5-8H2. The summed E-state index contributed by atoms with van der Waals surface area (Å²) in [6.07, 6.45) is 1.52. The Morgan fingerprint density at radius 1 is 1.32 bits per heavy atom. The van der Waals surface area contributed by atoms with Gasteiger partial charge in [-0.25, -0.2) is 4.39 Å². The van der Waals surface area contributed by atoms with Crippen LogP contribution < -0.4 is 0 Å². The molecule has 3 nitrogen and oxygen atoms in total. The van der Waals surface area contributed by atoms with Gasteiger partial charge in [0.15, 0.2) is 5.79 Å². The van der Waals surface area contributed by atoms with E-state index in [1.54, 1.807) is 12.1 Å². The van der Waals surface area contributed by atoms with Crippen LogP contribution in [0.5, 0.6) is 0 Å². The fraction of sp³-hybridized carbons (Fsp3) is 0.500. The summed E-state index contributed by atoms with van der Waals surface area (Å²) in [5.41, 5.74) is 0.829. The van der Waals surface area contributed by atoms with Crippen LogP contribution in [-0.2, 0) is 14.3 Å². The van der Waals surface area contributed by atoms with Crippen molar-refractivity contribution in [2.45, 2.75) is 36.0 Å². The molecule has 0 aromatic heterocycles. The molecule has 0 N–H and O–H groups in total. The van der Waals surface area contributed by atoms with E-state index in [0.29, 0.717) is 25.9 Å². The highest BCUT2D eigenvalue weighted by atomic mass is 79.9. The van der Waals surface area contributed by atoms with Gasteiger partial charge in [-0.15, -0.1) is 0 Å². The molecule has 1 saturated carbocycles. The average molecular weight is 329 g/mol. The van der Waals surface area contributed by atoms with E-state index in [2.05, 4.69) is 15.9 Å². The van der Waals surface area contributed by atoms with Crippen molar-refractivity contribution in [3.63, 3.8) is 0 Å². The lowest BCUT2D eigenvalue weighted by molar-refractivity contribution is -0.185. The van der Waals surface area contributed by atoms with Gasteiger partial charge in [0.05, 0.1) is 6.61 Å². The Balaban J connectivity index is 1.83. The number of carbonyl (C=O) groups excluding carboxylic acids is 1. The summed E-state index contributed by atoms with van der Waals surface area (Å²) < 4.78 is 24.5. The van der Waals surface area contributed by atoms with E-state index >= 15 is 0 Å². The van der Waals surface area contributed by atoms with E-state index in [4.69, 9.17) is 9.47 Å². The highest BCUT2D eigenvalue weighted by Crippen LogP contribution is 2.43. The minimum atomic E-state index is -0.666. The van der Waals surface area contributed by atoms with Crippen LogP contribution in [0.1, 0.15) is 30.7 Å². The molecule has 2 fully saturated rings. The Kier molecular flexibility index (Phi) is 3.45. The van der Waals surface area contributed by atoms with Crippen molar-refractivity contribution >= 4 is 21.7 Å². The Morgan fingerprint density at radius 3 is 2.68 bits per heavy atom. The first-order valence-corrected chi connectivity index (χ1v) is 7.24. The molecule has 102 valence electrons. The van der Waals surface area contributed by atoms with Gasteiger partial charge in [-0.3, -0.25) is 4.79 Å². The van der Waals surface area contributed by atoms with Crippen LogP contribution in [0.4, 0.5) is 4.39 Å². The molecule has 0 amide bonds. The lowest BCUT2D eigenvalue weighted by atomic mass is 9.79. The van der Waals surface area contributed by atoms with Gasteiger partial charge < -0.3 is 9.47 Å². The number of hydrogen-bond donors (Lipinski definition) is 0. The van der Waals surface area contributed by atoms with Crippen molar-refractivity contribution in [3.8, 4) is 0 Å². The Morgan fingerprint density at radius 2 is 2.05 bits per heavy atom. The Hall–Kier alpha value is -0.780. The normalized spacial score (nSPS) is 34.9. The van der Waals surface area contributed by atoms with Gasteiger partial charge in [-0.05, 0) is 17.7 Å². The first kappa shape index (κ1) is 13.2. The van der Waals surface area contributed by atoms with Crippen molar-refractivity contribution < 1.29 is 18.7 Å². The summed E-state index contributed by atoms with van der Waals surface area (Å²) in [5.74, 6) is -1.06. The fourth-order valence-corrected chi connectivity index (χ4v) is 3.24. The number of alkyl halides is 1. The topological polar surface area (TPSA) is 35.5 Å². The monoisotopic (exact) mass is 328 g/mol. The first-order valence-electron chi connectivity index (χ1n) is 6.32. The lowest BCUT2D eigenvalue weighted by Gasteiger charge is -2.35. The number of ether oxygens (including phenoxy) is 2. The van der Waals surface area contributed by atoms with Crippen molar-refractivity contribution in [1.29, 1.82) is 0 Å². The molecule has 0 bridgehead atoms. The molecule has 3 rings (SSSR count). The molecular weight excluding hydrogens is 315 g/mol. The number of halogens is 2. The van der Waals surface area contributed by atoms with Crippen molar-refractivity contribution in [2.75, 3.05) is 6.61 Å². The van der Waals surface area contributed by atoms with Gasteiger partial charge in [0, 0.05) is 25.2 Å². The molecule has 1 saturated heterocycles. The maximum atomic E-state index is 13.0. The van der Waals surface area contributed by atoms with E-state index in [1.165, 1.54) is 12.1 Å². The molecular formula is C14H14BrFO3. The summed E-state index contributed by atoms with van der Waals surface area (Å²) in [6, 6.07) is 6.09. The number of benzene rings is 1. The van der Waals surface area contributed by atoms with Crippen molar-refractivity contribution in [2.24, 2.45) is 0 Å². The third kappa shape index (κ3) is 2.59. The predicted molar refractivity (Wildman–Crippen MR) is 70.5 cm³/mol.